The number of nitrogens with zero attached hydrogens (tertiary/aromatic N) is 3. The van der Waals surface area contributed by atoms with Crippen LogP contribution < -0.4 is 31.9 Å². The van der Waals surface area contributed by atoms with E-state index in [1.807, 2.05) is 26.1 Å². The molecule has 1 fully saturated rings. The predicted octanol–water partition coefficient (Wildman–Crippen LogP) is 2.87. The fraction of sp³-hybridized carbons (Fsp3) is 0.346. The van der Waals surface area contributed by atoms with Gasteiger partial charge in [-0.25, -0.2) is 4.98 Å². The quantitative estimate of drug-likeness (QED) is 0.237. The van der Waals surface area contributed by atoms with Gasteiger partial charge in [-0.1, -0.05) is 12.2 Å². The second-order valence-corrected chi connectivity index (χ2v) is 8.31. The second-order valence-electron chi connectivity index (χ2n) is 8.31. The molecule has 0 bridgehead atoms. The van der Waals surface area contributed by atoms with E-state index in [1.165, 1.54) is 11.9 Å². The first-order chi connectivity index (χ1) is 17.4. The maximum absolute atomic E-state index is 12.7. The Bertz CT molecular complexity index is 1120. The summed E-state index contributed by atoms with van der Waals surface area (Å²) in [5.74, 6) is 0.412. The molecule has 1 aliphatic heterocycles. The monoisotopic (exact) mass is 492 g/mol. The van der Waals surface area contributed by atoms with Gasteiger partial charge in [-0.05, 0) is 50.7 Å². The molecular formula is C26H36N8O2. The van der Waals surface area contributed by atoms with Gasteiger partial charge in [0.15, 0.2) is 0 Å². The van der Waals surface area contributed by atoms with Crippen molar-refractivity contribution in [2.45, 2.75) is 20.4 Å². The Kier molecular flexibility index (Phi) is 9.84. The Balaban J connectivity index is 1.91. The third kappa shape index (κ3) is 7.30. The lowest BCUT2D eigenvalue weighted by atomic mass is 10.1. The van der Waals surface area contributed by atoms with Gasteiger partial charge in [0.2, 0.25) is 5.95 Å². The molecule has 0 saturated carbocycles. The number of nitrogens with two attached hydrogens (primary N) is 1. The van der Waals surface area contributed by atoms with E-state index in [0.29, 0.717) is 41.8 Å². The lowest BCUT2D eigenvalue weighted by Gasteiger charge is -2.31. The lowest BCUT2D eigenvalue weighted by Crippen LogP contribution is -2.37. The standard InChI is InChI=1S/C26H36N8O2/c1-5-9-29-25(35)22-17-30-26(33-24(22)31-20(6-2)14-18(3)27)32-21-7-8-23(19(15-21)16-28-4)34-10-12-36-13-11-34/h5-8,14-15,17,28H,1,9-13,16,27H2,2-4H3,(H,29,35)(H2,30,31,32,33)/b18-14+,20-6+. The van der Waals surface area contributed by atoms with E-state index in [-0.39, 0.29) is 5.91 Å². The molecule has 1 aliphatic rings. The number of hydrogen-bond donors (Lipinski definition) is 5. The second kappa shape index (κ2) is 13.3. The molecule has 10 heteroatoms. The van der Waals surface area contributed by atoms with Crippen LogP contribution in [0.4, 0.5) is 23.1 Å². The summed E-state index contributed by atoms with van der Waals surface area (Å²) in [6, 6.07) is 6.19. The van der Waals surface area contributed by atoms with Crippen molar-refractivity contribution >= 4 is 29.0 Å². The molecule has 1 aromatic heterocycles. The summed E-state index contributed by atoms with van der Waals surface area (Å²) in [5.41, 5.74) is 10.7. The third-order valence-electron chi connectivity index (χ3n) is 5.45. The van der Waals surface area contributed by atoms with Crippen molar-refractivity contribution in [3.8, 4) is 0 Å². The van der Waals surface area contributed by atoms with Crippen molar-refractivity contribution in [3.63, 3.8) is 0 Å². The molecule has 2 heterocycles. The van der Waals surface area contributed by atoms with E-state index < -0.39 is 0 Å². The Morgan fingerprint density at radius 1 is 1.31 bits per heavy atom. The minimum absolute atomic E-state index is 0.306. The number of carbonyl (C=O) groups is 1. The fourth-order valence-electron chi connectivity index (χ4n) is 3.77. The molecule has 1 amide bonds. The third-order valence-corrected chi connectivity index (χ3v) is 5.45. The van der Waals surface area contributed by atoms with Crippen LogP contribution in [0.25, 0.3) is 0 Å². The summed E-state index contributed by atoms with van der Waals surface area (Å²) >= 11 is 0. The van der Waals surface area contributed by atoms with Crippen molar-refractivity contribution in [2.75, 3.05) is 55.4 Å². The van der Waals surface area contributed by atoms with E-state index in [9.17, 15) is 4.79 Å². The van der Waals surface area contributed by atoms with E-state index in [4.69, 9.17) is 10.5 Å². The number of hydrogen-bond acceptors (Lipinski definition) is 9. The average molecular weight is 493 g/mol. The van der Waals surface area contributed by atoms with Crippen LogP contribution in [0.3, 0.4) is 0 Å². The first kappa shape index (κ1) is 26.7. The number of allylic oxidation sites excluding steroid dienone is 3. The van der Waals surface area contributed by atoms with E-state index >= 15 is 0 Å². The number of ether oxygens (including phenoxy) is 1. The van der Waals surface area contributed by atoms with Crippen LogP contribution in [0.1, 0.15) is 29.8 Å². The molecule has 6 N–H and O–H groups in total. The number of aromatic nitrogens is 2. The molecule has 0 aliphatic carbocycles. The van der Waals surface area contributed by atoms with Crippen LogP contribution in [-0.4, -0.2) is 55.8 Å². The van der Waals surface area contributed by atoms with E-state index in [2.05, 4.69) is 54.8 Å². The molecule has 0 atom stereocenters. The van der Waals surface area contributed by atoms with E-state index in [1.54, 1.807) is 19.1 Å². The molecule has 10 nitrogen and oxygen atoms in total. The van der Waals surface area contributed by atoms with Crippen LogP contribution in [0, 0.1) is 0 Å². The number of amides is 1. The number of nitrogens with one attached hydrogen (secondary N) is 4. The highest BCUT2D eigenvalue weighted by Gasteiger charge is 2.17. The molecule has 0 radical (unpaired) electrons. The number of carbonyl (C=O) groups excluding carboxylic acids is 1. The minimum Gasteiger partial charge on any atom is -0.402 e. The normalized spacial score (nSPS) is 14.4. The average Bonchev–Trinajstić information content (AvgIpc) is 2.87. The molecule has 0 spiro atoms. The van der Waals surface area contributed by atoms with Crippen LogP contribution >= 0.6 is 0 Å². The van der Waals surface area contributed by atoms with Gasteiger partial charge < -0.3 is 36.6 Å². The molecule has 2 aromatic rings. The summed E-state index contributed by atoms with van der Waals surface area (Å²) in [6.07, 6.45) is 6.74. The van der Waals surface area contributed by atoms with Gasteiger partial charge in [0, 0.05) is 55.1 Å². The van der Waals surface area contributed by atoms with Crippen LogP contribution in [0.5, 0.6) is 0 Å². The fourth-order valence-corrected chi connectivity index (χ4v) is 3.77. The zero-order valence-corrected chi connectivity index (χ0v) is 21.2. The van der Waals surface area contributed by atoms with Gasteiger partial charge in [-0.3, -0.25) is 4.79 Å². The highest BCUT2D eigenvalue weighted by atomic mass is 16.5. The number of rotatable bonds is 11. The molecule has 1 saturated heterocycles. The first-order valence-corrected chi connectivity index (χ1v) is 12.0. The maximum Gasteiger partial charge on any atom is 0.256 e. The summed E-state index contributed by atoms with van der Waals surface area (Å²) in [5, 5.41) is 12.5. The number of morpholine rings is 1. The Hall–Kier alpha value is -3.89. The summed E-state index contributed by atoms with van der Waals surface area (Å²) in [6.45, 7) is 11.5. The van der Waals surface area contributed by atoms with Crippen molar-refractivity contribution < 1.29 is 9.53 Å². The highest BCUT2D eigenvalue weighted by Crippen LogP contribution is 2.27. The summed E-state index contributed by atoms with van der Waals surface area (Å²) in [4.78, 5) is 24.0. The SMILES string of the molecule is C=CCNC(=O)c1cnc(Nc2ccc(N3CCOCC3)c(CNC)c2)nc1NC(/C=C(\C)N)=C/C. The van der Waals surface area contributed by atoms with Gasteiger partial charge >= 0.3 is 0 Å². The maximum atomic E-state index is 12.7. The smallest absolute Gasteiger partial charge is 0.256 e. The van der Waals surface area contributed by atoms with Crippen LogP contribution in [0.15, 0.2) is 60.6 Å². The number of anilines is 4. The Labute approximate surface area is 212 Å². The molecule has 192 valence electrons. The molecule has 0 unspecified atom stereocenters. The van der Waals surface area contributed by atoms with E-state index in [0.717, 1.165) is 37.6 Å². The zero-order valence-electron chi connectivity index (χ0n) is 21.2. The first-order valence-electron chi connectivity index (χ1n) is 12.0. The molecular weight excluding hydrogens is 456 g/mol. The van der Waals surface area contributed by atoms with Crippen molar-refractivity contribution in [3.05, 3.63) is 71.7 Å². The minimum atomic E-state index is -0.306. The Morgan fingerprint density at radius 3 is 2.75 bits per heavy atom. The topological polar surface area (TPSA) is 129 Å². The summed E-state index contributed by atoms with van der Waals surface area (Å²) < 4.78 is 5.50. The van der Waals surface area contributed by atoms with Crippen molar-refractivity contribution in [1.82, 2.24) is 20.6 Å². The largest absolute Gasteiger partial charge is 0.402 e. The molecule has 36 heavy (non-hydrogen) atoms. The van der Waals surface area contributed by atoms with Gasteiger partial charge in [0.25, 0.3) is 5.91 Å². The predicted molar refractivity (Wildman–Crippen MR) is 145 cm³/mol. The van der Waals surface area contributed by atoms with Gasteiger partial charge in [0.1, 0.15) is 11.4 Å². The zero-order chi connectivity index (χ0) is 25.9. The highest BCUT2D eigenvalue weighted by molar-refractivity contribution is 5.99. The van der Waals surface area contributed by atoms with Crippen LogP contribution in [0.2, 0.25) is 0 Å². The summed E-state index contributed by atoms with van der Waals surface area (Å²) in [7, 11) is 1.93. The van der Waals surface area contributed by atoms with Crippen LogP contribution in [-0.2, 0) is 11.3 Å². The van der Waals surface area contributed by atoms with Crippen molar-refractivity contribution in [1.29, 1.82) is 0 Å². The molecule has 3 rings (SSSR count). The van der Waals surface area contributed by atoms with Crippen molar-refractivity contribution in [2.24, 2.45) is 5.73 Å². The lowest BCUT2D eigenvalue weighted by molar-refractivity contribution is 0.0958. The van der Waals surface area contributed by atoms with Gasteiger partial charge in [-0.2, -0.15) is 4.98 Å². The van der Waals surface area contributed by atoms with Gasteiger partial charge in [0.05, 0.1) is 13.2 Å². The molecule has 1 aromatic carbocycles. The number of benzene rings is 1. The van der Waals surface area contributed by atoms with Gasteiger partial charge in [-0.15, -0.1) is 6.58 Å². The Morgan fingerprint density at radius 2 is 2.08 bits per heavy atom.